The van der Waals surface area contributed by atoms with Crippen LogP contribution in [0.2, 0.25) is 0 Å². The van der Waals surface area contributed by atoms with Gasteiger partial charge in [-0.3, -0.25) is 14.5 Å². The van der Waals surface area contributed by atoms with Crippen LogP contribution in [0.1, 0.15) is 66.3 Å². The van der Waals surface area contributed by atoms with E-state index in [0.29, 0.717) is 53.7 Å². The van der Waals surface area contributed by atoms with Crippen LogP contribution in [0.15, 0.2) is 47.5 Å². The van der Waals surface area contributed by atoms with E-state index in [4.69, 9.17) is 9.72 Å². The van der Waals surface area contributed by atoms with Crippen molar-refractivity contribution < 1.29 is 22.3 Å². The van der Waals surface area contributed by atoms with Crippen LogP contribution in [0.3, 0.4) is 0 Å². The van der Waals surface area contributed by atoms with Crippen molar-refractivity contribution in [3.8, 4) is 11.3 Å². The Balaban J connectivity index is 1.45. The minimum atomic E-state index is -4.67. The molecule has 2 aliphatic rings. The number of halogens is 4. The zero-order valence-electron chi connectivity index (χ0n) is 20.9. The first kappa shape index (κ1) is 24.8. The van der Waals surface area contributed by atoms with Gasteiger partial charge in [0.2, 0.25) is 0 Å². The van der Waals surface area contributed by atoms with E-state index in [-0.39, 0.29) is 28.8 Å². The molecule has 4 aromatic rings. The van der Waals surface area contributed by atoms with Gasteiger partial charge in [0.15, 0.2) is 0 Å². The molecule has 198 valence electrons. The Labute approximate surface area is 215 Å². The van der Waals surface area contributed by atoms with Crippen molar-refractivity contribution in [1.29, 1.82) is 0 Å². The molecule has 0 radical (unpaired) electrons. The molecule has 1 aliphatic heterocycles. The van der Waals surface area contributed by atoms with Crippen LogP contribution in [-0.2, 0) is 18.0 Å². The Morgan fingerprint density at radius 2 is 1.87 bits per heavy atom. The van der Waals surface area contributed by atoms with Gasteiger partial charge in [-0.15, -0.1) is 0 Å². The van der Waals surface area contributed by atoms with Gasteiger partial charge in [0, 0.05) is 53.7 Å². The zero-order chi connectivity index (χ0) is 26.8. The highest BCUT2D eigenvalue weighted by molar-refractivity contribution is 5.95. The van der Waals surface area contributed by atoms with Gasteiger partial charge >= 0.3 is 6.18 Å². The Morgan fingerprint density at radius 1 is 1.08 bits per heavy atom. The van der Waals surface area contributed by atoms with Gasteiger partial charge in [-0.2, -0.15) is 18.3 Å². The lowest BCUT2D eigenvalue weighted by Crippen LogP contribution is -2.22. The Bertz CT molecular complexity index is 1600. The molecule has 1 aromatic carbocycles. The van der Waals surface area contributed by atoms with Crippen LogP contribution in [0, 0.1) is 12.7 Å². The fraction of sp³-hybridized carbons (Fsp3) is 0.393. The third-order valence-electron chi connectivity index (χ3n) is 7.66. The standard InChI is InChI=1S/C28H26F4N4O2/c1-15-9-21-22(27(37)35(15)2)12-24(34-26(21)20-6-3-18(11-23(20)29)28(30,31)32)16-7-8-38-25(10-16)17-13-33-36(14-17)19-4-5-19/h3,6,9,11-14,16,19,25H,4-5,7-8,10H2,1-2H3/t16?,25-/m1/s1. The second-order valence-electron chi connectivity index (χ2n) is 10.3. The van der Waals surface area contributed by atoms with Gasteiger partial charge in [-0.1, -0.05) is 0 Å². The summed E-state index contributed by atoms with van der Waals surface area (Å²) in [6, 6.07) is 6.32. The highest BCUT2D eigenvalue weighted by atomic mass is 19.4. The van der Waals surface area contributed by atoms with Gasteiger partial charge < -0.3 is 9.30 Å². The number of rotatable bonds is 4. The molecular formula is C28H26F4N4O2. The lowest BCUT2D eigenvalue weighted by molar-refractivity contribution is -0.137. The highest BCUT2D eigenvalue weighted by Gasteiger charge is 2.33. The highest BCUT2D eigenvalue weighted by Crippen LogP contribution is 2.41. The van der Waals surface area contributed by atoms with Gasteiger partial charge in [-0.25, -0.2) is 4.39 Å². The van der Waals surface area contributed by atoms with Crippen molar-refractivity contribution in [2.45, 2.75) is 56.8 Å². The van der Waals surface area contributed by atoms with Crippen LogP contribution in [0.4, 0.5) is 17.6 Å². The van der Waals surface area contributed by atoms with Gasteiger partial charge in [0.1, 0.15) is 5.82 Å². The topological polar surface area (TPSA) is 61.9 Å². The molecular weight excluding hydrogens is 500 g/mol. The lowest BCUT2D eigenvalue weighted by Gasteiger charge is -2.29. The summed E-state index contributed by atoms with van der Waals surface area (Å²) in [4.78, 5) is 18.0. The number of ether oxygens (including phenoxy) is 1. The fourth-order valence-electron chi connectivity index (χ4n) is 5.20. The molecule has 2 fully saturated rings. The Kier molecular flexibility index (Phi) is 5.90. The van der Waals surface area contributed by atoms with Crippen molar-refractivity contribution in [2.24, 2.45) is 7.05 Å². The molecule has 0 bridgehead atoms. The van der Waals surface area contributed by atoms with Crippen molar-refractivity contribution in [2.75, 3.05) is 6.61 Å². The number of benzene rings is 1. The van der Waals surface area contributed by atoms with Crippen LogP contribution in [0.5, 0.6) is 0 Å². The minimum absolute atomic E-state index is 0.0770. The summed E-state index contributed by atoms with van der Waals surface area (Å²) in [5, 5.41) is 5.22. The largest absolute Gasteiger partial charge is 0.416 e. The first-order valence-corrected chi connectivity index (χ1v) is 12.6. The summed E-state index contributed by atoms with van der Waals surface area (Å²) in [7, 11) is 1.65. The summed E-state index contributed by atoms with van der Waals surface area (Å²) in [6.45, 7) is 2.21. The molecule has 0 N–H and O–H groups in total. The second kappa shape index (κ2) is 9.04. The summed E-state index contributed by atoms with van der Waals surface area (Å²) < 4.78 is 64.2. The molecule has 3 aromatic heterocycles. The summed E-state index contributed by atoms with van der Waals surface area (Å²) in [5.74, 6) is -1.13. The van der Waals surface area contributed by atoms with Crippen molar-refractivity contribution in [1.82, 2.24) is 19.3 Å². The average molecular weight is 527 g/mol. The van der Waals surface area contributed by atoms with Crippen LogP contribution in [-0.4, -0.2) is 25.9 Å². The van der Waals surface area contributed by atoms with Crippen molar-refractivity contribution in [3.63, 3.8) is 0 Å². The average Bonchev–Trinajstić information content (AvgIpc) is 3.63. The van der Waals surface area contributed by atoms with E-state index >= 15 is 4.39 Å². The fourth-order valence-corrected chi connectivity index (χ4v) is 5.20. The quantitative estimate of drug-likeness (QED) is 0.296. The molecule has 6 nitrogen and oxygen atoms in total. The van der Waals surface area contributed by atoms with Gasteiger partial charge in [0.05, 0.1) is 35.0 Å². The number of pyridine rings is 2. The third-order valence-corrected chi connectivity index (χ3v) is 7.66. The molecule has 2 atom stereocenters. The Hall–Kier alpha value is -3.53. The zero-order valence-corrected chi connectivity index (χ0v) is 20.9. The molecule has 0 spiro atoms. The van der Waals surface area contributed by atoms with Crippen LogP contribution < -0.4 is 5.56 Å². The summed E-state index contributed by atoms with van der Waals surface area (Å²) >= 11 is 0. The predicted octanol–water partition coefficient (Wildman–Crippen LogP) is 6.23. The lowest BCUT2D eigenvalue weighted by atomic mass is 9.88. The SMILES string of the molecule is Cc1cc2c(-c3ccc(C(F)(F)F)cc3F)nc(C3CCO[C@@H](c4cnn(C5CC5)c4)C3)cc2c(=O)n1C. The second-order valence-corrected chi connectivity index (χ2v) is 10.3. The molecule has 1 unspecified atom stereocenters. The number of hydrogen-bond donors (Lipinski definition) is 0. The van der Waals surface area contributed by atoms with Crippen LogP contribution in [0.25, 0.3) is 22.0 Å². The Morgan fingerprint density at radius 3 is 2.58 bits per heavy atom. The number of fused-ring (bicyclic) bond motifs is 1. The molecule has 0 amide bonds. The van der Waals surface area contributed by atoms with E-state index in [9.17, 15) is 18.0 Å². The number of aryl methyl sites for hydroxylation is 1. The maximum absolute atomic E-state index is 15.2. The smallest absolute Gasteiger partial charge is 0.373 e. The number of nitrogens with zero attached hydrogens (tertiary/aromatic N) is 4. The maximum Gasteiger partial charge on any atom is 0.416 e. The molecule has 10 heteroatoms. The molecule has 6 rings (SSSR count). The van der Waals surface area contributed by atoms with Gasteiger partial charge in [-0.05, 0) is 62.9 Å². The van der Waals surface area contributed by atoms with E-state index in [0.717, 1.165) is 30.5 Å². The third kappa shape index (κ3) is 4.40. The van der Waals surface area contributed by atoms with E-state index in [1.54, 1.807) is 26.1 Å². The van der Waals surface area contributed by atoms with Crippen molar-refractivity contribution >= 4 is 10.8 Å². The van der Waals surface area contributed by atoms with E-state index in [1.807, 2.05) is 17.1 Å². The van der Waals surface area contributed by atoms with Gasteiger partial charge in [0.25, 0.3) is 5.56 Å². The number of aromatic nitrogens is 4. The first-order chi connectivity index (χ1) is 18.1. The number of hydrogen-bond acceptors (Lipinski definition) is 4. The molecule has 38 heavy (non-hydrogen) atoms. The van der Waals surface area contributed by atoms with E-state index < -0.39 is 17.6 Å². The predicted molar refractivity (Wildman–Crippen MR) is 133 cm³/mol. The van der Waals surface area contributed by atoms with Crippen LogP contribution >= 0.6 is 0 Å². The summed E-state index contributed by atoms with van der Waals surface area (Å²) in [6.07, 6.45) is 2.44. The summed E-state index contributed by atoms with van der Waals surface area (Å²) in [5.41, 5.74) is 0.931. The normalized spacial score (nSPS) is 20.3. The molecule has 1 saturated heterocycles. The molecule has 1 saturated carbocycles. The molecule has 1 aliphatic carbocycles. The minimum Gasteiger partial charge on any atom is -0.373 e. The van der Waals surface area contributed by atoms with Crippen molar-refractivity contribution in [3.05, 3.63) is 81.4 Å². The monoisotopic (exact) mass is 526 g/mol. The maximum atomic E-state index is 15.2. The molecule has 4 heterocycles. The van der Waals surface area contributed by atoms with E-state index in [2.05, 4.69) is 5.10 Å². The number of alkyl halides is 3. The van der Waals surface area contributed by atoms with E-state index in [1.165, 1.54) is 4.57 Å². The first-order valence-electron chi connectivity index (χ1n) is 12.6.